The van der Waals surface area contributed by atoms with Gasteiger partial charge in [0.15, 0.2) is 0 Å². The summed E-state index contributed by atoms with van der Waals surface area (Å²) in [6.07, 6.45) is 1.71. The van der Waals surface area contributed by atoms with Crippen molar-refractivity contribution < 1.29 is 10.2 Å². The lowest BCUT2D eigenvalue weighted by molar-refractivity contribution is 0.187. The Hall–Kier alpha value is -1.00. The third kappa shape index (κ3) is 1.99. The Morgan fingerprint density at radius 2 is 1.33 bits per heavy atom. The van der Waals surface area contributed by atoms with Crippen LogP contribution in [0.25, 0.3) is 0 Å². The molecule has 0 saturated heterocycles. The highest BCUT2D eigenvalue weighted by atomic mass is 16.3. The standard InChI is InChI=1S/C8H12N2O2/c1-5(11)7-3-10-8(4-9-7)6(2)12/h3-6,11-12H,1-2H3. The van der Waals surface area contributed by atoms with E-state index in [4.69, 9.17) is 10.2 Å². The maximum absolute atomic E-state index is 9.09. The molecule has 2 atom stereocenters. The molecule has 12 heavy (non-hydrogen) atoms. The molecule has 4 heteroatoms. The molecule has 0 spiro atoms. The zero-order valence-corrected chi connectivity index (χ0v) is 7.10. The Morgan fingerprint density at radius 1 is 1.00 bits per heavy atom. The zero-order valence-electron chi connectivity index (χ0n) is 7.10. The van der Waals surface area contributed by atoms with E-state index < -0.39 is 12.2 Å². The monoisotopic (exact) mass is 168 g/mol. The number of hydrogen-bond donors (Lipinski definition) is 2. The summed E-state index contributed by atoms with van der Waals surface area (Å²) in [6.45, 7) is 3.23. The second-order valence-corrected chi connectivity index (χ2v) is 2.72. The van der Waals surface area contributed by atoms with Gasteiger partial charge in [-0.05, 0) is 13.8 Å². The summed E-state index contributed by atoms with van der Waals surface area (Å²) in [7, 11) is 0. The third-order valence-electron chi connectivity index (χ3n) is 1.55. The molecule has 0 bridgehead atoms. The van der Waals surface area contributed by atoms with Crippen molar-refractivity contribution in [2.75, 3.05) is 0 Å². The van der Waals surface area contributed by atoms with Crippen molar-refractivity contribution in [1.29, 1.82) is 0 Å². The van der Waals surface area contributed by atoms with Crippen LogP contribution in [0.3, 0.4) is 0 Å². The fraction of sp³-hybridized carbons (Fsp3) is 0.500. The van der Waals surface area contributed by atoms with Gasteiger partial charge in [0.2, 0.25) is 0 Å². The van der Waals surface area contributed by atoms with Crippen LogP contribution in [0.5, 0.6) is 0 Å². The van der Waals surface area contributed by atoms with Crippen molar-refractivity contribution in [3.8, 4) is 0 Å². The minimum atomic E-state index is -0.611. The molecule has 1 aromatic heterocycles. The van der Waals surface area contributed by atoms with Crippen molar-refractivity contribution in [1.82, 2.24) is 9.97 Å². The van der Waals surface area contributed by atoms with Crippen LogP contribution in [0.4, 0.5) is 0 Å². The molecule has 0 fully saturated rings. The molecule has 0 saturated carbocycles. The van der Waals surface area contributed by atoms with Crippen LogP contribution < -0.4 is 0 Å². The average Bonchev–Trinajstić information content (AvgIpc) is 2.04. The van der Waals surface area contributed by atoms with Crippen LogP contribution in [0.1, 0.15) is 37.4 Å². The number of aromatic nitrogens is 2. The van der Waals surface area contributed by atoms with Crippen LogP contribution in [0.15, 0.2) is 12.4 Å². The fourth-order valence-electron chi connectivity index (χ4n) is 0.779. The second kappa shape index (κ2) is 3.60. The first-order chi connectivity index (χ1) is 5.61. The normalized spacial score (nSPS) is 15.7. The number of nitrogens with zero attached hydrogens (tertiary/aromatic N) is 2. The van der Waals surface area contributed by atoms with Gasteiger partial charge in [0.05, 0.1) is 36.0 Å². The Morgan fingerprint density at radius 3 is 1.50 bits per heavy atom. The Kier molecular flexibility index (Phi) is 2.73. The van der Waals surface area contributed by atoms with Crippen molar-refractivity contribution in [3.05, 3.63) is 23.8 Å². The van der Waals surface area contributed by atoms with Crippen LogP contribution >= 0.6 is 0 Å². The first-order valence-electron chi connectivity index (χ1n) is 3.79. The summed E-state index contributed by atoms with van der Waals surface area (Å²) in [6, 6.07) is 0. The summed E-state index contributed by atoms with van der Waals surface area (Å²) in [4.78, 5) is 7.85. The average molecular weight is 168 g/mol. The second-order valence-electron chi connectivity index (χ2n) is 2.72. The van der Waals surface area contributed by atoms with E-state index in [0.717, 1.165) is 0 Å². The largest absolute Gasteiger partial charge is 0.387 e. The van der Waals surface area contributed by atoms with E-state index >= 15 is 0 Å². The highest BCUT2D eigenvalue weighted by molar-refractivity contribution is 5.05. The van der Waals surface area contributed by atoms with E-state index in [-0.39, 0.29) is 0 Å². The molecule has 1 aromatic rings. The summed E-state index contributed by atoms with van der Waals surface area (Å²) in [5, 5.41) is 18.2. The SMILES string of the molecule is CC(O)c1cnc(C(C)O)cn1. The lowest BCUT2D eigenvalue weighted by Gasteiger charge is -2.05. The summed E-state index contributed by atoms with van der Waals surface area (Å²) in [5.41, 5.74) is 1.03. The van der Waals surface area contributed by atoms with Gasteiger partial charge in [-0.2, -0.15) is 0 Å². The predicted molar refractivity (Wildman–Crippen MR) is 43.3 cm³/mol. The van der Waals surface area contributed by atoms with Crippen LogP contribution in [0, 0.1) is 0 Å². The van der Waals surface area contributed by atoms with Gasteiger partial charge < -0.3 is 10.2 Å². The van der Waals surface area contributed by atoms with Gasteiger partial charge in [-0.1, -0.05) is 0 Å². The minimum absolute atomic E-state index is 0.513. The molecular formula is C8H12N2O2. The fourth-order valence-corrected chi connectivity index (χ4v) is 0.779. The molecule has 2 N–H and O–H groups in total. The maximum Gasteiger partial charge on any atom is 0.0947 e. The number of rotatable bonds is 2. The van der Waals surface area contributed by atoms with Gasteiger partial charge in [-0.3, -0.25) is 9.97 Å². The number of aliphatic hydroxyl groups is 2. The predicted octanol–water partition coefficient (Wildman–Crippen LogP) is 0.583. The summed E-state index contributed by atoms with van der Waals surface area (Å²) in [5.74, 6) is 0. The van der Waals surface area contributed by atoms with Crippen molar-refractivity contribution >= 4 is 0 Å². The highest BCUT2D eigenvalue weighted by Crippen LogP contribution is 2.10. The molecule has 1 heterocycles. The molecule has 0 aromatic carbocycles. The minimum Gasteiger partial charge on any atom is -0.387 e. The lowest BCUT2D eigenvalue weighted by atomic mass is 10.2. The van der Waals surface area contributed by atoms with E-state index in [0.29, 0.717) is 11.4 Å². The van der Waals surface area contributed by atoms with Crippen LogP contribution in [-0.4, -0.2) is 20.2 Å². The molecule has 66 valence electrons. The molecule has 0 amide bonds. The van der Waals surface area contributed by atoms with Crippen molar-refractivity contribution in [2.45, 2.75) is 26.1 Å². The molecule has 0 aliphatic heterocycles. The zero-order chi connectivity index (χ0) is 9.14. The van der Waals surface area contributed by atoms with E-state index in [9.17, 15) is 0 Å². The smallest absolute Gasteiger partial charge is 0.0947 e. The molecule has 1 rings (SSSR count). The first kappa shape index (κ1) is 9.09. The summed E-state index contributed by atoms with van der Waals surface area (Å²) < 4.78 is 0. The van der Waals surface area contributed by atoms with Gasteiger partial charge in [-0.25, -0.2) is 0 Å². The van der Waals surface area contributed by atoms with E-state index in [1.165, 1.54) is 12.4 Å². The van der Waals surface area contributed by atoms with Crippen LogP contribution in [-0.2, 0) is 0 Å². The van der Waals surface area contributed by atoms with Gasteiger partial charge in [0.1, 0.15) is 0 Å². The molecule has 0 aliphatic rings. The summed E-state index contributed by atoms with van der Waals surface area (Å²) >= 11 is 0. The van der Waals surface area contributed by atoms with Crippen molar-refractivity contribution in [2.24, 2.45) is 0 Å². The third-order valence-corrected chi connectivity index (χ3v) is 1.55. The molecular weight excluding hydrogens is 156 g/mol. The van der Waals surface area contributed by atoms with Crippen molar-refractivity contribution in [3.63, 3.8) is 0 Å². The van der Waals surface area contributed by atoms with Gasteiger partial charge in [-0.15, -0.1) is 0 Å². The topological polar surface area (TPSA) is 66.2 Å². The number of aliphatic hydroxyl groups excluding tert-OH is 2. The number of hydrogen-bond acceptors (Lipinski definition) is 4. The molecule has 2 unspecified atom stereocenters. The Bertz CT molecular complexity index is 217. The first-order valence-corrected chi connectivity index (χ1v) is 3.79. The Balaban J connectivity index is 2.86. The molecule has 0 aliphatic carbocycles. The Labute approximate surface area is 70.9 Å². The van der Waals surface area contributed by atoms with Gasteiger partial charge in [0.25, 0.3) is 0 Å². The van der Waals surface area contributed by atoms with E-state index in [1.54, 1.807) is 13.8 Å². The van der Waals surface area contributed by atoms with E-state index in [2.05, 4.69) is 9.97 Å². The van der Waals surface area contributed by atoms with E-state index in [1.807, 2.05) is 0 Å². The van der Waals surface area contributed by atoms with Crippen LogP contribution in [0.2, 0.25) is 0 Å². The van der Waals surface area contributed by atoms with Gasteiger partial charge in [0, 0.05) is 0 Å². The lowest BCUT2D eigenvalue weighted by Crippen LogP contribution is -2.01. The highest BCUT2D eigenvalue weighted by Gasteiger charge is 2.05. The maximum atomic E-state index is 9.09. The molecule has 4 nitrogen and oxygen atoms in total. The van der Waals surface area contributed by atoms with Gasteiger partial charge >= 0.3 is 0 Å². The quantitative estimate of drug-likeness (QED) is 0.678. The molecule has 0 radical (unpaired) electrons.